The number of benzene rings is 3. The number of hydrogen-bond donors (Lipinski definition) is 2. The average molecular weight is 638 g/mol. The molecule has 7 nitrogen and oxygen atoms in total. The Balaban J connectivity index is 1.73. The molecule has 1 aliphatic rings. The number of carbonyl (C=O) groups is 2. The van der Waals surface area contributed by atoms with Gasteiger partial charge in [-0.2, -0.15) is 26.3 Å². The zero-order valence-corrected chi connectivity index (χ0v) is 24.5. The van der Waals surface area contributed by atoms with E-state index in [0.717, 1.165) is 0 Å². The number of rotatable bonds is 8. The molecular weight excluding hydrogens is 604 g/mol. The zero-order valence-electron chi connectivity index (χ0n) is 24.5. The molecule has 0 aromatic heterocycles. The molecule has 0 aliphatic carbocycles. The first kappa shape index (κ1) is 33.8. The standard InChI is InChI=1S/C32H33F6N3O4/c1-21(23-15-25(31(33,34)35)17-26(16-23)32(36,37)38)45-20-30(24-11-7-4-8-12-24)14-13-29(39,27(42)40-2)19-41(30)28(43)44-18-22-9-5-3-6-10-22/h3-12,15-17,21H,13-14,18-20,39H2,1-2H3,(H,40,42)/t21-,29?,30-/m1/s1. The Labute approximate surface area is 256 Å². The SMILES string of the molecule is CNC(=O)C1(N)CC[C@@](CO[C@H](C)c2cc(C(F)(F)F)cc(C(F)(F)F)c2)(c2ccccc2)N(C(=O)OCc2ccccc2)C1. The van der Waals surface area contributed by atoms with E-state index in [2.05, 4.69) is 5.32 Å². The number of likely N-dealkylation sites (tertiary alicyclic amines) is 1. The predicted octanol–water partition coefficient (Wildman–Crippen LogP) is 6.57. The van der Waals surface area contributed by atoms with Crippen LogP contribution in [0.4, 0.5) is 31.1 Å². The number of likely N-dealkylation sites (N-methyl/N-ethyl adjacent to an activating group) is 1. The molecule has 1 saturated heterocycles. The van der Waals surface area contributed by atoms with E-state index in [1.165, 1.54) is 18.9 Å². The second-order valence-corrected chi connectivity index (χ2v) is 11.1. The lowest BCUT2D eigenvalue weighted by atomic mass is 9.74. The van der Waals surface area contributed by atoms with Gasteiger partial charge in [0.2, 0.25) is 5.91 Å². The van der Waals surface area contributed by atoms with Crippen LogP contribution in [0.5, 0.6) is 0 Å². The van der Waals surface area contributed by atoms with E-state index in [9.17, 15) is 35.9 Å². The minimum Gasteiger partial charge on any atom is -0.445 e. The fourth-order valence-electron chi connectivity index (χ4n) is 5.40. The summed E-state index contributed by atoms with van der Waals surface area (Å²) < 4.78 is 93.0. The van der Waals surface area contributed by atoms with E-state index in [4.69, 9.17) is 15.2 Å². The van der Waals surface area contributed by atoms with Gasteiger partial charge >= 0.3 is 18.4 Å². The van der Waals surface area contributed by atoms with Gasteiger partial charge < -0.3 is 20.5 Å². The van der Waals surface area contributed by atoms with E-state index >= 15 is 0 Å². The lowest BCUT2D eigenvalue weighted by Gasteiger charge is -2.51. The molecule has 242 valence electrons. The van der Waals surface area contributed by atoms with Crippen LogP contribution in [0.2, 0.25) is 0 Å². The summed E-state index contributed by atoms with van der Waals surface area (Å²) in [6.45, 7) is 0.544. The van der Waals surface area contributed by atoms with Crippen molar-refractivity contribution >= 4 is 12.0 Å². The monoisotopic (exact) mass is 637 g/mol. The second kappa shape index (κ2) is 13.1. The van der Waals surface area contributed by atoms with Crippen LogP contribution in [0.3, 0.4) is 0 Å². The molecule has 1 heterocycles. The molecule has 1 fully saturated rings. The maximum Gasteiger partial charge on any atom is 0.416 e. The van der Waals surface area contributed by atoms with Gasteiger partial charge in [-0.15, -0.1) is 0 Å². The number of carbonyl (C=O) groups excluding carboxylic acids is 2. The smallest absolute Gasteiger partial charge is 0.416 e. The van der Waals surface area contributed by atoms with Crippen LogP contribution in [0.15, 0.2) is 78.9 Å². The summed E-state index contributed by atoms with van der Waals surface area (Å²) in [6.07, 6.45) is -12.0. The molecule has 0 spiro atoms. The Morgan fingerprint density at radius 2 is 1.47 bits per heavy atom. The highest BCUT2D eigenvalue weighted by Gasteiger charge is 2.53. The van der Waals surface area contributed by atoms with Gasteiger partial charge in [-0.3, -0.25) is 9.69 Å². The van der Waals surface area contributed by atoms with E-state index in [0.29, 0.717) is 23.3 Å². The molecule has 1 aliphatic heterocycles. The zero-order chi connectivity index (χ0) is 33.0. The topological polar surface area (TPSA) is 93.9 Å². The number of ether oxygens (including phenoxy) is 2. The van der Waals surface area contributed by atoms with Gasteiger partial charge in [0.15, 0.2) is 0 Å². The highest BCUT2D eigenvalue weighted by molar-refractivity contribution is 5.87. The molecule has 3 aromatic carbocycles. The number of amides is 2. The van der Waals surface area contributed by atoms with Crippen molar-refractivity contribution in [3.05, 3.63) is 107 Å². The van der Waals surface area contributed by atoms with Gasteiger partial charge in [0, 0.05) is 7.05 Å². The Bertz CT molecular complexity index is 1450. The largest absolute Gasteiger partial charge is 0.445 e. The van der Waals surface area contributed by atoms with Gasteiger partial charge in [-0.1, -0.05) is 60.7 Å². The Hall–Kier alpha value is -4.10. The lowest BCUT2D eigenvalue weighted by Crippen LogP contribution is -2.69. The van der Waals surface area contributed by atoms with Crippen LogP contribution in [0.25, 0.3) is 0 Å². The fourth-order valence-corrected chi connectivity index (χ4v) is 5.40. The first-order valence-electron chi connectivity index (χ1n) is 14.0. The summed E-state index contributed by atoms with van der Waals surface area (Å²) >= 11 is 0. The molecule has 0 bridgehead atoms. The third kappa shape index (κ3) is 7.59. The van der Waals surface area contributed by atoms with Crippen molar-refractivity contribution in [3.63, 3.8) is 0 Å². The quantitative estimate of drug-likeness (QED) is 0.273. The third-order valence-electron chi connectivity index (χ3n) is 8.01. The van der Waals surface area contributed by atoms with E-state index in [1.54, 1.807) is 60.7 Å². The van der Waals surface area contributed by atoms with Gasteiger partial charge in [-0.25, -0.2) is 4.79 Å². The summed E-state index contributed by atoms with van der Waals surface area (Å²) in [5.41, 5.74) is 1.57. The van der Waals surface area contributed by atoms with Crippen molar-refractivity contribution in [2.24, 2.45) is 5.73 Å². The minimum atomic E-state index is -5.03. The number of nitrogens with one attached hydrogen (secondary N) is 1. The number of piperidine rings is 1. The van der Waals surface area contributed by atoms with Crippen LogP contribution >= 0.6 is 0 Å². The summed E-state index contributed by atoms with van der Waals surface area (Å²) in [7, 11) is 1.41. The summed E-state index contributed by atoms with van der Waals surface area (Å²) in [4.78, 5) is 27.9. The Kier molecular flexibility index (Phi) is 9.83. The van der Waals surface area contributed by atoms with Gasteiger partial charge in [0.05, 0.1) is 35.9 Å². The van der Waals surface area contributed by atoms with Crippen LogP contribution < -0.4 is 11.1 Å². The molecule has 3 atom stereocenters. The summed E-state index contributed by atoms with van der Waals surface area (Å²) in [5.74, 6) is -0.525. The number of hydrogen-bond acceptors (Lipinski definition) is 5. The van der Waals surface area contributed by atoms with Crippen LogP contribution in [-0.4, -0.2) is 42.6 Å². The number of nitrogens with zero attached hydrogens (tertiary/aromatic N) is 1. The van der Waals surface area contributed by atoms with E-state index < -0.39 is 52.7 Å². The van der Waals surface area contributed by atoms with Crippen molar-refractivity contribution in [3.8, 4) is 0 Å². The summed E-state index contributed by atoms with van der Waals surface area (Å²) in [6, 6.07) is 18.7. The Morgan fingerprint density at radius 3 is 2.00 bits per heavy atom. The maximum absolute atomic E-state index is 13.8. The molecule has 0 saturated carbocycles. The molecule has 4 rings (SSSR count). The lowest BCUT2D eigenvalue weighted by molar-refractivity contribution is -0.143. The number of nitrogens with two attached hydrogens (primary N) is 1. The molecule has 2 amide bonds. The minimum absolute atomic E-state index is 0.0485. The van der Waals surface area contributed by atoms with Crippen molar-refractivity contribution < 1.29 is 45.4 Å². The highest BCUT2D eigenvalue weighted by Crippen LogP contribution is 2.43. The molecule has 3 aromatic rings. The molecule has 1 unspecified atom stereocenters. The fraction of sp³-hybridized carbons (Fsp3) is 0.375. The van der Waals surface area contributed by atoms with Crippen molar-refractivity contribution in [1.29, 1.82) is 0 Å². The molecule has 13 heteroatoms. The number of halogens is 6. The second-order valence-electron chi connectivity index (χ2n) is 11.1. The van der Waals surface area contributed by atoms with Gasteiger partial charge in [-0.05, 0) is 54.7 Å². The molecule has 0 radical (unpaired) electrons. The van der Waals surface area contributed by atoms with Gasteiger partial charge in [0.25, 0.3) is 0 Å². The Morgan fingerprint density at radius 1 is 0.911 bits per heavy atom. The molecule has 3 N–H and O–H groups in total. The highest BCUT2D eigenvalue weighted by atomic mass is 19.4. The first-order chi connectivity index (χ1) is 21.1. The maximum atomic E-state index is 13.8. The van der Waals surface area contributed by atoms with Crippen molar-refractivity contribution in [2.45, 2.75) is 55.9 Å². The summed E-state index contributed by atoms with van der Waals surface area (Å²) in [5, 5.41) is 2.51. The van der Waals surface area contributed by atoms with Crippen LogP contribution in [-0.2, 0) is 38.8 Å². The van der Waals surface area contributed by atoms with E-state index in [-0.39, 0.29) is 44.2 Å². The van der Waals surface area contributed by atoms with Crippen LogP contribution in [0.1, 0.15) is 53.7 Å². The normalized spacial score (nSPS) is 21.2. The molecular formula is C32H33F6N3O4. The van der Waals surface area contributed by atoms with Crippen molar-refractivity contribution in [1.82, 2.24) is 10.2 Å². The third-order valence-corrected chi connectivity index (χ3v) is 8.01. The van der Waals surface area contributed by atoms with E-state index in [1.807, 2.05) is 0 Å². The average Bonchev–Trinajstić information content (AvgIpc) is 3.02. The number of alkyl halides is 6. The van der Waals surface area contributed by atoms with Crippen LogP contribution in [0, 0.1) is 0 Å². The predicted molar refractivity (Wildman–Crippen MR) is 152 cm³/mol. The van der Waals surface area contributed by atoms with Gasteiger partial charge in [0.1, 0.15) is 12.1 Å². The first-order valence-corrected chi connectivity index (χ1v) is 14.0. The van der Waals surface area contributed by atoms with Crippen molar-refractivity contribution in [2.75, 3.05) is 20.2 Å². The molecule has 45 heavy (non-hydrogen) atoms.